The summed E-state index contributed by atoms with van der Waals surface area (Å²) in [5, 5.41) is 20.2. The number of hydrogen-bond donors (Lipinski definition) is 2. The molecule has 98 valence electrons. The van der Waals surface area contributed by atoms with Gasteiger partial charge in [0.25, 0.3) is 0 Å². The molecule has 1 aromatic rings. The molecule has 3 rings (SSSR count). The van der Waals surface area contributed by atoms with Crippen LogP contribution >= 0.6 is 0 Å². The quantitative estimate of drug-likeness (QED) is 0.749. The number of carbonyl (C=O) groups is 2. The van der Waals surface area contributed by atoms with Crippen LogP contribution in [0.3, 0.4) is 0 Å². The zero-order valence-electron chi connectivity index (χ0n) is 10.2. The van der Waals surface area contributed by atoms with Gasteiger partial charge in [0.05, 0.1) is 16.8 Å². The predicted octanol–water partition coefficient (Wildman–Crippen LogP) is 1.63. The number of allylic oxidation sites excluding steroid dienone is 2. The first-order chi connectivity index (χ1) is 9.09. The molecule has 1 aromatic carbocycles. The van der Waals surface area contributed by atoms with E-state index in [1.54, 1.807) is 0 Å². The second kappa shape index (κ2) is 4.12. The first-order valence-electron chi connectivity index (χ1n) is 6.20. The Morgan fingerprint density at radius 1 is 0.947 bits per heavy atom. The molecule has 1 aliphatic heterocycles. The topological polar surface area (TPSA) is 77.8 Å². The number of phenols is 2. The summed E-state index contributed by atoms with van der Waals surface area (Å²) in [5.41, 5.74) is 0.229. The van der Waals surface area contributed by atoms with Gasteiger partial charge in [0, 0.05) is 19.2 Å². The van der Waals surface area contributed by atoms with E-state index in [4.69, 9.17) is 0 Å². The molecule has 1 fully saturated rings. The maximum Gasteiger partial charge on any atom is 0.190 e. The van der Waals surface area contributed by atoms with Crippen LogP contribution in [0.15, 0.2) is 18.2 Å². The lowest BCUT2D eigenvalue weighted by atomic mass is 9.92. The molecule has 5 heteroatoms. The van der Waals surface area contributed by atoms with Gasteiger partial charge in [0.15, 0.2) is 17.3 Å². The van der Waals surface area contributed by atoms with E-state index in [0.29, 0.717) is 5.69 Å². The maximum atomic E-state index is 11.8. The lowest BCUT2D eigenvalue weighted by molar-refractivity contribution is 0.0989. The fourth-order valence-electron chi connectivity index (χ4n) is 2.65. The third kappa shape index (κ3) is 1.69. The second-order valence-corrected chi connectivity index (χ2v) is 4.77. The smallest absolute Gasteiger partial charge is 0.190 e. The van der Waals surface area contributed by atoms with Gasteiger partial charge >= 0.3 is 0 Å². The van der Waals surface area contributed by atoms with Crippen molar-refractivity contribution in [3.63, 3.8) is 0 Å². The van der Waals surface area contributed by atoms with Gasteiger partial charge in [-0.2, -0.15) is 0 Å². The lowest BCUT2D eigenvalue weighted by Crippen LogP contribution is -2.20. The average Bonchev–Trinajstić information content (AvgIpc) is 2.90. The van der Waals surface area contributed by atoms with Crippen molar-refractivity contribution in [2.24, 2.45) is 0 Å². The van der Waals surface area contributed by atoms with E-state index in [1.807, 2.05) is 4.90 Å². The molecule has 1 aliphatic carbocycles. The molecule has 2 aliphatic rings. The van der Waals surface area contributed by atoms with Crippen molar-refractivity contribution in [3.8, 4) is 11.5 Å². The monoisotopic (exact) mass is 259 g/mol. The molecule has 0 unspecified atom stereocenters. The minimum absolute atomic E-state index is 0.0885. The fraction of sp³-hybridized carbons (Fsp3) is 0.286. The number of fused-ring (bicyclic) bond motifs is 1. The molecule has 0 saturated carbocycles. The fourth-order valence-corrected chi connectivity index (χ4v) is 2.65. The normalized spacial score (nSPS) is 18.0. The number of ketones is 2. The van der Waals surface area contributed by atoms with E-state index in [-0.39, 0.29) is 22.6 Å². The number of hydrogen-bond acceptors (Lipinski definition) is 5. The van der Waals surface area contributed by atoms with Gasteiger partial charge in [-0.1, -0.05) is 0 Å². The molecular formula is C14H13NO4. The molecule has 0 amide bonds. The van der Waals surface area contributed by atoms with Crippen LogP contribution in [0.5, 0.6) is 11.5 Å². The molecule has 2 N–H and O–H groups in total. The van der Waals surface area contributed by atoms with Gasteiger partial charge in [-0.25, -0.2) is 0 Å². The number of aromatic hydroxyl groups is 2. The third-order valence-electron chi connectivity index (χ3n) is 3.58. The van der Waals surface area contributed by atoms with Crippen LogP contribution in [0.2, 0.25) is 0 Å². The Balaban J connectivity index is 2.22. The van der Waals surface area contributed by atoms with Gasteiger partial charge < -0.3 is 15.1 Å². The molecule has 0 spiro atoms. The van der Waals surface area contributed by atoms with Crippen molar-refractivity contribution in [1.82, 2.24) is 0 Å². The first-order valence-corrected chi connectivity index (χ1v) is 6.20. The van der Waals surface area contributed by atoms with Crippen LogP contribution < -0.4 is 4.90 Å². The van der Waals surface area contributed by atoms with Crippen LogP contribution in [0, 0.1) is 0 Å². The summed E-state index contributed by atoms with van der Waals surface area (Å²) in [4.78, 5) is 25.5. The molecule has 5 nitrogen and oxygen atoms in total. The van der Waals surface area contributed by atoms with Crippen LogP contribution in [-0.2, 0) is 0 Å². The Bertz CT molecular complexity index is 612. The summed E-state index contributed by atoms with van der Waals surface area (Å²) in [6.07, 6.45) is 4.24. The van der Waals surface area contributed by atoms with E-state index in [9.17, 15) is 19.8 Å². The first kappa shape index (κ1) is 11.8. The van der Waals surface area contributed by atoms with E-state index in [2.05, 4.69) is 0 Å². The van der Waals surface area contributed by atoms with Crippen molar-refractivity contribution in [2.75, 3.05) is 18.0 Å². The van der Waals surface area contributed by atoms with Crippen molar-refractivity contribution in [2.45, 2.75) is 12.8 Å². The SMILES string of the molecule is O=C1C=CC(=O)c2c(O)c(N3CCCC3)cc(O)c21. The van der Waals surface area contributed by atoms with E-state index >= 15 is 0 Å². The summed E-state index contributed by atoms with van der Waals surface area (Å²) in [5.74, 6) is -1.38. The summed E-state index contributed by atoms with van der Waals surface area (Å²) in [6, 6.07) is 1.36. The average molecular weight is 259 g/mol. The minimum Gasteiger partial charge on any atom is -0.507 e. The standard InChI is InChI=1S/C14H13NO4/c16-9-3-4-10(17)13-12(9)11(18)7-8(14(13)19)15-5-1-2-6-15/h3-4,7,18-19H,1-2,5-6H2. The summed E-state index contributed by atoms with van der Waals surface area (Å²) >= 11 is 0. The molecule has 1 heterocycles. The van der Waals surface area contributed by atoms with Crippen molar-refractivity contribution < 1.29 is 19.8 Å². The molecular weight excluding hydrogens is 246 g/mol. The van der Waals surface area contributed by atoms with Gasteiger partial charge in [-0.05, 0) is 25.0 Å². The van der Waals surface area contributed by atoms with E-state index in [1.165, 1.54) is 6.07 Å². The predicted molar refractivity (Wildman–Crippen MR) is 69.0 cm³/mol. The third-order valence-corrected chi connectivity index (χ3v) is 3.58. The number of rotatable bonds is 1. The summed E-state index contributed by atoms with van der Waals surface area (Å²) < 4.78 is 0. The van der Waals surface area contributed by atoms with Crippen molar-refractivity contribution in [1.29, 1.82) is 0 Å². The number of phenolic OH excluding ortho intramolecular Hbond substituents is 2. The van der Waals surface area contributed by atoms with E-state index in [0.717, 1.165) is 38.1 Å². The maximum absolute atomic E-state index is 11.8. The highest BCUT2D eigenvalue weighted by molar-refractivity contribution is 6.25. The highest BCUT2D eigenvalue weighted by Gasteiger charge is 2.30. The van der Waals surface area contributed by atoms with E-state index < -0.39 is 11.6 Å². The van der Waals surface area contributed by atoms with Crippen LogP contribution in [-0.4, -0.2) is 34.9 Å². The Labute approximate surface area is 109 Å². The second-order valence-electron chi connectivity index (χ2n) is 4.77. The Hall–Kier alpha value is -2.30. The highest BCUT2D eigenvalue weighted by atomic mass is 16.3. The van der Waals surface area contributed by atoms with Gasteiger partial charge in [0.1, 0.15) is 5.75 Å². The highest BCUT2D eigenvalue weighted by Crippen LogP contribution is 2.41. The molecule has 0 radical (unpaired) electrons. The number of nitrogens with zero attached hydrogens (tertiary/aromatic N) is 1. The largest absolute Gasteiger partial charge is 0.507 e. The van der Waals surface area contributed by atoms with Gasteiger partial charge in [0.2, 0.25) is 0 Å². The van der Waals surface area contributed by atoms with Crippen LogP contribution in [0.4, 0.5) is 5.69 Å². The molecule has 0 bridgehead atoms. The van der Waals surface area contributed by atoms with Gasteiger partial charge in [-0.3, -0.25) is 9.59 Å². The summed E-state index contributed by atoms with van der Waals surface area (Å²) in [7, 11) is 0. The molecule has 1 saturated heterocycles. The number of carbonyl (C=O) groups excluding carboxylic acids is 2. The minimum atomic E-state index is -0.463. The van der Waals surface area contributed by atoms with Crippen molar-refractivity contribution >= 4 is 17.3 Å². The Morgan fingerprint density at radius 2 is 1.53 bits per heavy atom. The number of benzene rings is 1. The molecule has 0 atom stereocenters. The van der Waals surface area contributed by atoms with Gasteiger partial charge in [-0.15, -0.1) is 0 Å². The molecule has 19 heavy (non-hydrogen) atoms. The van der Waals surface area contributed by atoms with Crippen LogP contribution in [0.1, 0.15) is 33.6 Å². The molecule has 0 aromatic heterocycles. The zero-order valence-corrected chi connectivity index (χ0v) is 10.2. The Morgan fingerprint density at radius 3 is 2.16 bits per heavy atom. The Kier molecular flexibility index (Phi) is 2.55. The number of anilines is 1. The summed E-state index contributed by atoms with van der Waals surface area (Å²) in [6.45, 7) is 1.54. The zero-order chi connectivity index (χ0) is 13.6. The van der Waals surface area contributed by atoms with Crippen molar-refractivity contribution in [3.05, 3.63) is 29.3 Å². The van der Waals surface area contributed by atoms with Crippen LogP contribution in [0.25, 0.3) is 0 Å². The lowest BCUT2D eigenvalue weighted by Gasteiger charge is -2.22.